The Morgan fingerprint density at radius 1 is 0.410 bits per heavy atom. The van der Waals surface area contributed by atoms with E-state index in [1.807, 2.05) is 0 Å². The van der Waals surface area contributed by atoms with Crippen molar-refractivity contribution in [2.24, 2.45) is 0 Å². The molecule has 1 amide bonds. The van der Waals surface area contributed by atoms with Crippen LogP contribution in [0.25, 0.3) is 0 Å². The molecule has 0 bridgehead atoms. The van der Waals surface area contributed by atoms with E-state index in [9.17, 15) is 40.5 Å². The minimum atomic E-state index is -1.67. The Balaban J connectivity index is 2.21. The molecule has 11 heteroatoms. The van der Waals surface area contributed by atoms with Crippen LogP contribution in [0.1, 0.15) is 348 Å². The first-order valence-electron chi connectivity index (χ1n) is 35.9. The number of amides is 1. The lowest BCUT2D eigenvalue weighted by Crippen LogP contribution is -2.60. The highest BCUT2D eigenvalue weighted by molar-refractivity contribution is 5.80. The molecule has 9 atom stereocenters. The van der Waals surface area contributed by atoms with E-state index in [0.717, 1.165) is 44.9 Å². The molecule has 9 unspecified atom stereocenters. The van der Waals surface area contributed by atoms with E-state index in [2.05, 4.69) is 55.6 Å². The average molecular weight is 1180 g/mol. The summed E-state index contributed by atoms with van der Waals surface area (Å²) in [5.41, 5.74) is 0. The largest absolute Gasteiger partial charge is 0.394 e. The number of ether oxygens (including phenoxy) is 2. The van der Waals surface area contributed by atoms with Gasteiger partial charge in [-0.3, -0.25) is 4.79 Å². The maximum atomic E-state index is 13.3. The van der Waals surface area contributed by atoms with Crippen LogP contribution in [-0.4, -0.2) is 110 Å². The molecule has 0 aromatic heterocycles. The molecule has 1 rings (SSSR count). The van der Waals surface area contributed by atoms with Gasteiger partial charge in [-0.25, -0.2) is 0 Å². The smallest absolute Gasteiger partial charge is 0.249 e. The summed E-state index contributed by atoms with van der Waals surface area (Å²) < 4.78 is 11.2. The Bertz CT molecular complexity index is 1440. The summed E-state index contributed by atoms with van der Waals surface area (Å²) in [7, 11) is 0. The fraction of sp³-hybridized carbons (Fsp3) is 0.903. The van der Waals surface area contributed by atoms with Crippen molar-refractivity contribution < 1.29 is 50.0 Å². The van der Waals surface area contributed by atoms with Crippen LogP contribution in [-0.2, 0) is 14.3 Å². The van der Waals surface area contributed by atoms with Crippen molar-refractivity contribution in [3.05, 3.63) is 36.5 Å². The number of aliphatic hydroxyl groups excluding tert-OH is 7. The number of allylic oxidation sites excluding steroid dienone is 6. The van der Waals surface area contributed by atoms with Crippen LogP contribution >= 0.6 is 0 Å². The molecule has 0 aromatic carbocycles. The molecule has 0 aromatic rings. The van der Waals surface area contributed by atoms with Gasteiger partial charge in [-0.2, -0.15) is 0 Å². The first-order chi connectivity index (χ1) is 40.7. The lowest BCUT2D eigenvalue weighted by Gasteiger charge is -2.40. The van der Waals surface area contributed by atoms with Crippen molar-refractivity contribution in [1.29, 1.82) is 0 Å². The van der Waals surface area contributed by atoms with Gasteiger partial charge in [-0.05, 0) is 64.2 Å². The van der Waals surface area contributed by atoms with E-state index in [-0.39, 0.29) is 12.8 Å². The Morgan fingerprint density at radius 2 is 0.723 bits per heavy atom. The minimum absolute atomic E-state index is 0.243. The van der Waals surface area contributed by atoms with E-state index < -0.39 is 74.2 Å². The van der Waals surface area contributed by atoms with Gasteiger partial charge in [-0.15, -0.1) is 0 Å². The predicted octanol–water partition coefficient (Wildman–Crippen LogP) is 17.4. The molecule has 8 N–H and O–H groups in total. The molecule has 1 heterocycles. The number of carbonyl (C=O) groups excluding carboxylic acids is 1. The molecule has 0 radical (unpaired) electrons. The molecular weight excluding hydrogens is 1040 g/mol. The van der Waals surface area contributed by atoms with Gasteiger partial charge in [0.1, 0.15) is 36.6 Å². The third kappa shape index (κ3) is 48.0. The van der Waals surface area contributed by atoms with Gasteiger partial charge in [0.25, 0.3) is 0 Å². The fourth-order valence-corrected chi connectivity index (χ4v) is 11.7. The zero-order chi connectivity index (χ0) is 60.3. The molecule has 0 saturated carbocycles. The molecule has 0 aliphatic carbocycles. The number of aliphatic hydroxyl groups is 7. The second-order valence-corrected chi connectivity index (χ2v) is 25.3. The lowest BCUT2D eigenvalue weighted by atomic mass is 9.98. The Morgan fingerprint density at radius 3 is 1.07 bits per heavy atom. The monoisotopic (exact) mass is 1180 g/mol. The van der Waals surface area contributed by atoms with Crippen molar-refractivity contribution in [3.63, 3.8) is 0 Å². The Labute approximate surface area is 511 Å². The summed E-state index contributed by atoms with van der Waals surface area (Å²) in [5.74, 6) is -0.706. The number of hydrogen-bond acceptors (Lipinski definition) is 10. The SMILES string of the molecule is CCCCCCCCCCCCCC/C=C/CC/C=C/CC/C=C/CCCC(O)C(O)C(COC1OC(CO)C(O)C(O)C1O)NC(=O)C(O)CCCCCCCCCCCCCCCCCCCCCCCCCCCCCCCCC. The molecule has 1 saturated heterocycles. The first-order valence-corrected chi connectivity index (χ1v) is 35.9. The average Bonchev–Trinajstić information content (AvgIpc) is 3.68. The van der Waals surface area contributed by atoms with Crippen LogP contribution in [0.5, 0.6) is 0 Å². The number of rotatable bonds is 63. The Hall–Kier alpha value is -1.67. The molecule has 83 heavy (non-hydrogen) atoms. The van der Waals surface area contributed by atoms with Crippen LogP contribution < -0.4 is 5.32 Å². The quantitative estimate of drug-likeness (QED) is 0.0215. The van der Waals surface area contributed by atoms with E-state index in [0.29, 0.717) is 19.3 Å². The molecular formula is C72H137NO10. The third-order valence-electron chi connectivity index (χ3n) is 17.4. The van der Waals surface area contributed by atoms with Crippen molar-refractivity contribution in [2.75, 3.05) is 13.2 Å². The van der Waals surface area contributed by atoms with Gasteiger partial charge >= 0.3 is 0 Å². The van der Waals surface area contributed by atoms with Crippen LogP contribution in [0, 0.1) is 0 Å². The van der Waals surface area contributed by atoms with E-state index in [4.69, 9.17) is 9.47 Å². The van der Waals surface area contributed by atoms with E-state index in [1.165, 1.54) is 257 Å². The van der Waals surface area contributed by atoms with Crippen LogP contribution in [0.4, 0.5) is 0 Å². The third-order valence-corrected chi connectivity index (χ3v) is 17.4. The summed E-state index contributed by atoms with van der Waals surface area (Å²) in [4.78, 5) is 13.3. The van der Waals surface area contributed by atoms with Crippen LogP contribution in [0.2, 0.25) is 0 Å². The van der Waals surface area contributed by atoms with Gasteiger partial charge in [0, 0.05) is 0 Å². The van der Waals surface area contributed by atoms with Gasteiger partial charge in [-0.1, -0.05) is 320 Å². The highest BCUT2D eigenvalue weighted by Crippen LogP contribution is 2.24. The van der Waals surface area contributed by atoms with Crippen molar-refractivity contribution in [2.45, 2.75) is 403 Å². The maximum Gasteiger partial charge on any atom is 0.249 e. The lowest BCUT2D eigenvalue weighted by molar-refractivity contribution is -0.303. The summed E-state index contributed by atoms with van der Waals surface area (Å²) >= 11 is 0. The van der Waals surface area contributed by atoms with Crippen molar-refractivity contribution in [1.82, 2.24) is 5.32 Å². The zero-order valence-electron chi connectivity index (χ0n) is 54.2. The van der Waals surface area contributed by atoms with Crippen molar-refractivity contribution >= 4 is 5.91 Å². The molecule has 490 valence electrons. The van der Waals surface area contributed by atoms with Crippen LogP contribution in [0.3, 0.4) is 0 Å². The van der Waals surface area contributed by atoms with Gasteiger partial charge in [0.05, 0.1) is 25.4 Å². The number of nitrogens with one attached hydrogen (secondary N) is 1. The topological polar surface area (TPSA) is 189 Å². The molecule has 1 aliphatic rings. The fourth-order valence-electron chi connectivity index (χ4n) is 11.7. The second-order valence-electron chi connectivity index (χ2n) is 25.3. The van der Waals surface area contributed by atoms with E-state index >= 15 is 0 Å². The summed E-state index contributed by atoms with van der Waals surface area (Å²) in [6, 6.07) is -1.19. The minimum Gasteiger partial charge on any atom is -0.394 e. The van der Waals surface area contributed by atoms with Crippen LogP contribution in [0.15, 0.2) is 36.5 Å². The predicted molar refractivity (Wildman–Crippen MR) is 349 cm³/mol. The van der Waals surface area contributed by atoms with Gasteiger partial charge in [0.2, 0.25) is 5.91 Å². The molecule has 0 spiro atoms. The number of carbonyl (C=O) groups is 1. The van der Waals surface area contributed by atoms with Gasteiger partial charge < -0.3 is 50.5 Å². The second kappa shape index (κ2) is 60.6. The maximum absolute atomic E-state index is 13.3. The normalized spacial score (nSPS) is 19.2. The Kier molecular flexibility index (Phi) is 57.9. The number of unbranched alkanes of at least 4 members (excludes halogenated alkanes) is 45. The van der Waals surface area contributed by atoms with E-state index in [1.54, 1.807) is 0 Å². The number of hydrogen-bond donors (Lipinski definition) is 8. The molecule has 1 fully saturated rings. The zero-order valence-corrected chi connectivity index (χ0v) is 54.2. The standard InChI is InChI=1S/C72H137NO10/c1-3-5-7-9-11-13-15-17-19-21-23-25-27-29-30-31-32-33-34-36-38-40-42-44-46-48-50-52-54-56-58-60-65(76)71(81)73-63(62-82-72-70(80)69(79)68(78)66(61-74)83-72)67(77)64(75)59-57-55-53-51-49-47-45-43-41-39-37-35-28-26-24-22-20-18-16-14-12-10-8-6-4-2/h35,37,43,45,51,53,63-70,72,74-80H,3-34,36,38-42,44,46-50,52,54-62H2,1-2H3,(H,73,81)/b37-35+,45-43+,53-51+. The highest BCUT2D eigenvalue weighted by atomic mass is 16.7. The van der Waals surface area contributed by atoms with Crippen molar-refractivity contribution in [3.8, 4) is 0 Å². The highest BCUT2D eigenvalue weighted by Gasteiger charge is 2.44. The summed E-state index contributed by atoms with van der Waals surface area (Å²) in [6.07, 6.45) is 66.7. The summed E-state index contributed by atoms with van der Waals surface area (Å²) in [5, 5.41) is 76.5. The first kappa shape index (κ1) is 79.3. The van der Waals surface area contributed by atoms with Gasteiger partial charge in [0.15, 0.2) is 6.29 Å². The molecule has 1 aliphatic heterocycles. The molecule has 11 nitrogen and oxygen atoms in total. The summed E-state index contributed by atoms with van der Waals surface area (Å²) in [6.45, 7) is 3.49.